The van der Waals surface area contributed by atoms with Gasteiger partial charge in [0.15, 0.2) is 11.6 Å². The Kier molecular flexibility index (Phi) is 1.70. The Balaban J connectivity index is 2.42. The van der Waals surface area contributed by atoms with Crippen molar-refractivity contribution in [1.82, 2.24) is 4.98 Å². The van der Waals surface area contributed by atoms with E-state index in [1.807, 2.05) is 6.07 Å². The van der Waals surface area contributed by atoms with E-state index in [0.29, 0.717) is 6.61 Å². The molecule has 0 bridgehead atoms. The summed E-state index contributed by atoms with van der Waals surface area (Å²) in [5, 5.41) is 3.14. The molecular weight excluding hydrogens is 152 g/mol. The normalized spacial score (nSPS) is 14.0. The van der Waals surface area contributed by atoms with Crippen LogP contribution in [-0.4, -0.2) is 18.1 Å². The first kappa shape index (κ1) is 7.16. The summed E-state index contributed by atoms with van der Waals surface area (Å²) in [6, 6.07) is 1.93. The lowest BCUT2D eigenvalue weighted by Crippen LogP contribution is -2.18. The van der Waals surface area contributed by atoms with E-state index in [4.69, 9.17) is 4.74 Å². The number of nitrogens with one attached hydrogen (secondary N) is 1. The first-order valence-electron chi connectivity index (χ1n) is 3.89. The van der Waals surface area contributed by atoms with Gasteiger partial charge in [0.1, 0.15) is 6.61 Å². The number of anilines is 1. The van der Waals surface area contributed by atoms with Gasteiger partial charge in [-0.3, -0.25) is 0 Å². The van der Waals surface area contributed by atoms with Crippen LogP contribution in [0.25, 0.3) is 6.08 Å². The fraction of sp³-hybridized carbons (Fsp3) is 0.222. The molecule has 62 valence electrons. The first-order chi connectivity index (χ1) is 5.90. The topological polar surface area (TPSA) is 34.1 Å². The van der Waals surface area contributed by atoms with Crippen molar-refractivity contribution in [1.29, 1.82) is 0 Å². The highest BCUT2D eigenvalue weighted by Crippen LogP contribution is 2.25. The number of fused-ring (bicyclic) bond motifs is 1. The molecule has 0 saturated heterocycles. The van der Waals surface area contributed by atoms with E-state index >= 15 is 0 Å². The van der Waals surface area contributed by atoms with Crippen molar-refractivity contribution >= 4 is 11.9 Å². The molecule has 2 rings (SSSR count). The lowest BCUT2D eigenvalue weighted by atomic mass is 10.2. The number of pyridine rings is 1. The monoisotopic (exact) mass is 162 g/mol. The standard InChI is InChI=1S/C9H10N2O/c1-2-7-5-8-9(11-6-7)10-3-4-12-8/h2,5-6H,1,3-4H2,(H,10,11). The van der Waals surface area contributed by atoms with E-state index in [1.54, 1.807) is 12.3 Å². The molecule has 0 atom stereocenters. The fourth-order valence-corrected chi connectivity index (χ4v) is 1.14. The third kappa shape index (κ3) is 1.13. The highest BCUT2D eigenvalue weighted by molar-refractivity contribution is 5.58. The summed E-state index contributed by atoms with van der Waals surface area (Å²) in [4.78, 5) is 4.18. The molecule has 0 spiro atoms. The molecule has 3 nitrogen and oxygen atoms in total. The van der Waals surface area contributed by atoms with Crippen LogP contribution in [0.4, 0.5) is 5.82 Å². The Hall–Kier alpha value is -1.51. The summed E-state index contributed by atoms with van der Waals surface area (Å²) in [6.45, 7) is 5.19. The average molecular weight is 162 g/mol. The minimum absolute atomic E-state index is 0.704. The van der Waals surface area contributed by atoms with Crippen LogP contribution in [0.1, 0.15) is 5.56 Å². The van der Waals surface area contributed by atoms with Gasteiger partial charge in [-0.25, -0.2) is 4.98 Å². The molecule has 1 aromatic heterocycles. The zero-order valence-electron chi connectivity index (χ0n) is 6.71. The van der Waals surface area contributed by atoms with Gasteiger partial charge in [0.25, 0.3) is 0 Å². The Morgan fingerprint density at radius 3 is 3.42 bits per heavy atom. The van der Waals surface area contributed by atoms with E-state index in [1.165, 1.54) is 0 Å². The summed E-state index contributed by atoms with van der Waals surface area (Å²) in [6.07, 6.45) is 3.53. The Bertz CT molecular complexity index is 309. The molecule has 1 N–H and O–H groups in total. The van der Waals surface area contributed by atoms with Crippen molar-refractivity contribution in [3.63, 3.8) is 0 Å². The van der Waals surface area contributed by atoms with Gasteiger partial charge in [-0.1, -0.05) is 12.7 Å². The van der Waals surface area contributed by atoms with Crippen LogP contribution >= 0.6 is 0 Å². The van der Waals surface area contributed by atoms with Crippen LogP contribution in [0.2, 0.25) is 0 Å². The van der Waals surface area contributed by atoms with E-state index in [-0.39, 0.29) is 0 Å². The van der Waals surface area contributed by atoms with E-state index in [0.717, 1.165) is 23.7 Å². The summed E-state index contributed by atoms with van der Waals surface area (Å²) in [7, 11) is 0. The van der Waals surface area contributed by atoms with Crippen molar-refractivity contribution < 1.29 is 4.74 Å². The molecule has 1 aliphatic heterocycles. The van der Waals surface area contributed by atoms with Crippen LogP contribution in [0.3, 0.4) is 0 Å². The van der Waals surface area contributed by atoms with Crippen molar-refractivity contribution in [2.75, 3.05) is 18.5 Å². The molecule has 0 saturated carbocycles. The molecule has 0 aromatic carbocycles. The predicted octanol–water partition coefficient (Wildman–Crippen LogP) is 1.53. The number of ether oxygens (including phenoxy) is 1. The predicted molar refractivity (Wildman–Crippen MR) is 48.3 cm³/mol. The molecule has 1 aromatic rings. The minimum atomic E-state index is 0.704. The molecule has 0 amide bonds. The highest BCUT2D eigenvalue weighted by Gasteiger charge is 2.09. The van der Waals surface area contributed by atoms with Crippen molar-refractivity contribution in [3.8, 4) is 5.75 Å². The third-order valence-electron chi connectivity index (χ3n) is 1.76. The molecule has 0 unspecified atom stereocenters. The Morgan fingerprint density at radius 2 is 2.58 bits per heavy atom. The summed E-state index contributed by atoms with van der Waals surface area (Å²) in [5.41, 5.74) is 0.984. The quantitative estimate of drug-likeness (QED) is 0.680. The number of aromatic nitrogens is 1. The van der Waals surface area contributed by atoms with Gasteiger partial charge in [-0.05, 0) is 11.6 Å². The molecule has 2 heterocycles. The van der Waals surface area contributed by atoms with Gasteiger partial charge < -0.3 is 10.1 Å². The van der Waals surface area contributed by atoms with Crippen LogP contribution in [0.15, 0.2) is 18.8 Å². The second kappa shape index (κ2) is 2.85. The Labute approximate surface area is 71.1 Å². The van der Waals surface area contributed by atoms with Gasteiger partial charge in [-0.2, -0.15) is 0 Å². The smallest absolute Gasteiger partial charge is 0.168 e. The third-order valence-corrected chi connectivity index (χ3v) is 1.76. The molecule has 0 fully saturated rings. The SMILES string of the molecule is C=Cc1cnc2c(c1)OCCN2. The molecule has 3 heteroatoms. The second-order valence-electron chi connectivity index (χ2n) is 2.59. The molecule has 0 radical (unpaired) electrons. The Morgan fingerprint density at radius 1 is 1.67 bits per heavy atom. The second-order valence-corrected chi connectivity index (χ2v) is 2.59. The maximum atomic E-state index is 5.39. The van der Waals surface area contributed by atoms with Gasteiger partial charge in [0, 0.05) is 6.20 Å². The minimum Gasteiger partial charge on any atom is -0.488 e. The molecule has 1 aliphatic rings. The van der Waals surface area contributed by atoms with Crippen molar-refractivity contribution in [3.05, 3.63) is 24.4 Å². The number of nitrogens with zero attached hydrogens (tertiary/aromatic N) is 1. The van der Waals surface area contributed by atoms with Gasteiger partial charge in [-0.15, -0.1) is 0 Å². The van der Waals surface area contributed by atoms with Gasteiger partial charge in [0.05, 0.1) is 6.54 Å². The maximum Gasteiger partial charge on any atom is 0.168 e. The highest BCUT2D eigenvalue weighted by atomic mass is 16.5. The van der Waals surface area contributed by atoms with Crippen molar-refractivity contribution in [2.45, 2.75) is 0 Å². The average Bonchev–Trinajstić information content (AvgIpc) is 2.17. The van der Waals surface area contributed by atoms with Crippen LogP contribution in [0.5, 0.6) is 5.75 Å². The van der Waals surface area contributed by atoms with E-state index in [9.17, 15) is 0 Å². The van der Waals surface area contributed by atoms with Crippen LogP contribution in [0, 0.1) is 0 Å². The van der Waals surface area contributed by atoms with E-state index < -0.39 is 0 Å². The van der Waals surface area contributed by atoms with Crippen LogP contribution in [-0.2, 0) is 0 Å². The largest absolute Gasteiger partial charge is 0.488 e. The molecule has 0 aliphatic carbocycles. The number of hydrogen-bond acceptors (Lipinski definition) is 3. The lowest BCUT2D eigenvalue weighted by molar-refractivity contribution is 0.321. The lowest BCUT2D eigenvalue weighted by Gasteiger charge is -2.17. The van der Waals surface area contributed by atoms with Crippen LogP contribution < -0.4 is 10.1 Å². The fourth-order valence-electron chi connectivity index (χ4n) is 1.14. The van der Waals surface area contributed by atoms with Crippen molar-refractivity contribution in [2.24, 2.45) is 0 Å². The summed E-state index contributed by atoms with van der Waals surface area (Å²) in [5.74, 6) is 1.64. The van der Waals surface area contributed by atoms with E-state index in [2.05, 4.69) is 16.9 Å². The van der Waals surface area contributed by atoms with Gasteiger partial charge in [0.2, 0.25) is 0 Å². The molecular formula is C9H10N2O. The van der Waals surface area contributed by atoms with Gasteiger partial charge >= 0.3 is 0 Å². The first-order valence-corrected chi connectivity index (χ1v) is 3.89. The zero-order chi connectivity index (χ0) is 8.39. The zero-order valence-corrected chi connectivity index (χ0v) is 6.71. The molecule has 12 heavy (non-hydrogen) atoms. The summed E-state index contributed by atoms with van der Waals surface area (Å²) < 4.78 is 5.39. The summed E-state index contributed by atoms with van der Waals surface area (Å²) >= 11 is 0. The number of hydrogen-bond donors (Lipinski definition) is 1. The number of rotatable bonds is 1. The maximum absolute atomic E-state index is 5.39.